The molecule has 6 nitrogen and oxygen atoms in total. The lowest BCUT2D eigenvalue weighted by Crippen LogP contribution is -3.00. The van der Waals surface area contributed by atoms with Crippen molar-refractivity contribution >= 4 is 0 Å². The molecule has 128 valence electrons. The maximum Gasteiger partial charge on any atom is 0.203 e. The standard InChI is InChI=1S/C16H23N3O3.ClH/c1-20-14-9-13(10-15(21-2)16(14)22-3)11-17-5-4-7-19-8-6-18-12-19;/h6,8-10,12,17H,4-5,7,11H2,1-3H3;1H/p-1. The molecule has 0 unspecified atom stereocenters. The fourth-order valence-corrected chi connectivity index (χ4v) is 2.28. The Bertz CT molecular complexity index is 551. The molecule has 0 amide bonds. The van der Waals surface area contributed by atoms with Crippen molar-refractivity contribution in [2.45, 2.75) is 19.5 Å². The fourth-order valence-electron chi connectivity index (χ4n) is 2.28. The first kappa shape index (κ1) is 19.1. The number of halogens is 1. The Hall–Kier alpha value is -1.92. The van der Waals surface area contributed by atoms with E-state index in [2.05, 4.69) is 14.9 Å². The largest absolute Gasteiger partial charge is 1.00 e. The lowest BCUT2D eigenvalue weighted by molar-refractivity contribution is -0.00000546. The molecule has 0 spiro atoms. The Morgan fingerprint density at radius 1 is 1.09 bits per heavy atom. The Labute approximate surface area is 143 Å². The van der Waals surface area contributed by atoms with Crippen LogP contribution in [0.5, 0.6) is 17.2 Å². The average molecular weight is 341 g/mol. The van der Waals surface area contributed by atoms with Crippen LogP contribution in [0.15, 0.2) is 30.9 Å². The topological polar surface area (TPSA) is 57.5 Å². The van der Waals surface area contributed by atoms with Crippen molar-refractivity contribution in [2.75, 3.05) is 27.9 Å². The molecule has 1 N–H and O–H groups in total. The van der Waals surface area contributed by atoms with E-state index in [0.717, 1.165) is 31.6 Å². The summed E-state index contributed by atoms with van der Waals surface area (Å²) in [4.78, 5) is 4.03. The number of nitrogens with zero attached hydrogens (tertiary/aromatic N) is 2. The Morgan fingerprint density at radius 2 is 1.78 bits per heavy atom. The molecule has 2 rings (SSSR count). The molecular formula is C16H23ClN3O3-. The molecule has 0 radical (unpaired) electrons. The molecule has 0 fully saturated rings. The lowest BCUT2D eigenvalue weighted by Gasteiger charge is -2.14. The monoisotopic (exact) mass is 340 g/mol. The van der Waals surface area contributed by atoms with E-state index in [1.54, 1.807) is 27.5 Å². The maximum absolute atomic E-state index is 5.35. The van der Waals surface area contributed by atoms with Crippen LogP contribution < -0.4 is 31.9 Å². The van der Waals surface area contributed by atoms with Crippen molar-refractivity contribution in [3.05, 3.63) is 36.4 Å². The van der Waals surface area contributed by atoms with Crippen LogP contribution in [0.1, 0.15) is 12.0 Å². The van der Waals surface area contributed by atoms with Crippen molar-refractivity contribution in [2.24, 2.45) is 0 Å². The summed E-state index contributed by atoms with van der Waals surface area (Å²) in [5.41, 5.74) is 1.09. The van der Waals surface area contributed by atoms with Crippen LogP contribution in [0.3, 0.4) is 0 Å². The van der Waals surface area contributed by atoms with E-state index in [4.69, 9.17) is 14.2 Å². The van der Waals surface area contributed by atoms with Gasteiger partial charge in [-0.2, -0.15) is 0 Å². The molecule has 0 saturated carbocycles. The lowest BCUT2D eigenvalue weighted by atomic mass is 10.1. The maximum atomic E-state index is 5.35. The zero-order valence-electron chi connectivity index (χ0n) is 13.7. The number of methoxy groups -OCH3 is 3. The van der Waals surface area contributed by atoms with Crippen molar-refractivity contribution in [3.63, 3.8) is 0 Å². The third kappa shape index (κ3) is 5.33. The molecule has 0 saturated heterocycles. The molecule has 0 aliphatic rings. The number of aryl methyl sites for hydroxylation is 1. The molecule has 0 atom stereocenters. The molecule has 1 aromatic heterocycles. The van der Waals surface area contributed by atoms with E-state index >= 15 is 0 Å². The van der Waals surface area contributed by atoms with Crippen LogP contribution in [-0.2, 0) is 13.1 Å². The zero-order valence-corrected chi connectivity index (χ0v) is 14.5. The first-order valence-electron chi connectivity index (χ1n) is 7.23. The second kappa shape index (κ2) is 9.97. The number of hydrogen-bond acceptors (Lipinski definition) is 5. The van der Waals surface area contributed by atoms with E-state index in [0.29, 0.717) is 17.2 Å². The molecule has 0 bridgehead atoms. The SMILES string of the molecule is COc1cc(CNCCCn2ccnc2)cc(OC)c1OC.[Cl-]. The predicted molar refractivity (Wildman–Crippen MR) is 84.6 cm³/mol. The highest BCUT2D eigenvalue weighted by molar-refractivity contribution is 5.53. The van der Waals surface area contributed by atoms with E-state index < -0.39 is 0 Å². The molecule has 2 aromatic rings. The normalized spacial score (nSPS) is 10.0. The summed E-state index contributed by atoms with van der Waals surface area (Å²) in [6.07, 6.45) is 6.64. The van der Waals surface area contributed by atoms with Crippen molar-refractivity contribution in [3.8, 4) is 17.2 Å². The number of hydrogen-bond donors (Lipinski definition) is 1. The number of aromatic nitrogens is 2. The second-order valence-electron chi connectivity index (χ2n) is 4.86. The minimum atomic E-state index is 0. The number of imidazole rings is 1. The highest BCUT2D eigenvalue weighted by Gasteiger charge is 2.12. The number of benzene rings is 1. The van der Waals surface area contributed by atoms with Crippen LogP contribution >= 0.6 is 0 Å². The summed E-state index contributed by atoms with van der Waals surface area (Å²) < 4.78 is 18.1. The van der Waals surface area contributed by atoms with Crippen molar-refractivity contribution in [1.29, 1.82) is 0 Å². The van der Waals surface area contributed by atoms with Gasteiger partial charge < -0.3 is 36.5 Å². The molecule has 0 aliphatic carbocycles. The predicted octanol–water partition coefficient (Wildman–Crippen LogP) is -0.907. The molecule has 7 heteroatoms. The number of ether oxygens (including phenoxy) is 3. The highest BCUT2D eigenvalue weighted by atomic mass is 35.5. The summed E-state index contributed by atoms with van der Waals surface area (Å²) in [5.74, 6) is 1.97. The quantitative estimate of drug-likeness (QED) is 0.599. The van der Waals surface area contributed by atoms with Gasteiger partial charge in [-0.25, -0.2) is 4.98 Å². The molecule has 1 heterocycles. The van der Waals surface area contributed by atoms with Crippen molar-refractivity contribution in [1.82, 2.24) is 14.9 Å². The number of rotatable bonds is 9. The summed E-state index contributed by atoms with van der Waals surface area (Å²) >= 11 is 0. The molecular weight excluding hydrogens is 318 g/mol. The van der Waals surface area contributed by atoms with E-state index in [-0.39, 0.29) is 12.4 Å². The van der Waals surface area contributed by atoms with Crippen molar-refractivity contribution < 1.29 is 26.6 Å². The molecule has 1 aromatic carbocycles. The Balaban J connectivity index is 0.00000264. The van der Waals surface area contributed by atoms with Crippen LogP contribution in [0.2, 0.25) is 0 Å². The average Bonchev–Trinajstić information content (AvgIpc) is 3.06. The first-order valence-corrected chi connectivity index (χ1v) is 7.23. The Kier molecular flexibility index (Phi) is 8.29. The summed E-state index contributed by atoms with van der Waals surface area (Å²) in [5, 5.41) is 3.42. The van der Waals surface area contributed by atoms with Gasteiger partial charge in [-0.1, -0.05) is 0 Å². The van der Waals surface area contributed by atoms with Crippen LogP contribution in [0.25, 0.3) is 0 Å². The van der Waals surface area contributed by atoms with Gasteiger partial charge in [0, 0.05) is 25.5 Å². The zero-order chi connectivity index (χ0) is 15.8. The third-order valence-corrected chi connectivity index (χ3v) is 3.38. The molecule has 23 heavy (non-hydrogen) atoms. The van der Waals surface area contributed by atoms with Gasteiger partial charge in [-0.15, -0.1) is 0 Å². The van der Waals surface area contributed by atoms with Gasteiger partial charge in [0.15, 0.2) is 11.5 Å². The van der Waals surface area contributed by atoms with Gasteiger partial charge >= 0.3 is 0 Å². The fraction of sp³-hybridized carbons (Fsp3) is 0.438. The van der Waals surface area contributed by atoms with E-state index in [9.17, 15) is 0 Å². The molecule has 0 aliphatic heterocycles. The smallest absolute Gasteiger partial charge is 0.203 e. The Morgan fingerprint density at radius 3 is 2.30 bits per heavy atom. The highest BCUT2D eigenvalue weighted by Crippen LogP contribution is 2.38. The minimum absolute atomic E-state index is 0. The van der Waals surface area contributed by atoms with Crippen LogP contribution in [0, 0.1) is 0 Å². The van der Waals surface area contributed by atoms with Gasteiger partial charge in [0.1, 0.15) is 0 Å². The first-order chi connectivity index (χ1) is 10.8. The van der Waals surface area contributed by atoms with Gasteiger partial charge in [0.05, 0.1) is 27.7 Å². The summed E-state index contributed by atoms with van der Waals surface area (Å²) in [6, 6.07) is 3.93. The van der Waals surface area contributed by atoms with E-state index in [1.165, 1.54) is 0 Å². The minimum Gasteiger partial charge on any atom is -1.00 e. The second-order valence-corrected chi connectivity index (χ2v) is 4.86. The number of nitrogens with one attached hydrogen (secondary N) is 1. The summed E-state index contributed by atoms with van der Waals surface area (Å²) in [7, 11) is 4.85. The van der Waals surface area contributed by atoms with Gasteiger partial charge in [-0.3, -0.25) is 0 Å². The van der Waals surface area contributed by atoms with Gasteiger partial charge in [0.25, 0.3) is 0 Å². The summed E-state index contributed by atoms with van der Waals surface area (Å²) in [6.45, 7) is 2.64. The van der Waals surface area contributed by atoms with Crippen LogP contribution in [-0.4, -0.2) is 37.4 Å². The third-order valence-electron chi connectivity index (χ3n) is 3.38. The van der Waals surface area contributed by atoms with Gasteiger partial charge in [0.2, 0.25) is 5.75 Å². The van der Waals surface area contributed by atoms with Gasteiger partial charge in [-0.05, 0) is 30.7 Å². The van der Waals surface area contributed by atoms with E-state index in [1.807, 2.05) is 24.7 Å². The van der Waals surface area contributed by atoms with Crippen LogP contribution in [0.4, 0.5) is 0 Å².